The number of nitrogens with zero attached hydrogens (tertiary/aromatic N) is 2. The van der Waals surface area contributed by atoms with Crippen LogP contribution in [0, 0.1) is 6.92 Å². The summed E-state index contributed by atoms with van der Waals surface area (Å²) < 4.78 is 5.56. The van der Waals surface area contributed by atoms with E-state index in [4.69, 9.17) is 4.74 Å². The molecule has 1 N–H and O–H groups in total. The van der Waals surface area contributed by atoms with Crippen molar-refractivity contribution in [3.05, 3.63) is 36.2 Å². The van der Waals surface area contributed by atoms with Gasteiger partial charge in [0.15, 0.2) is 0 Å². The summed E-state index contributed by atoms with van der Waals surface area (Å²) in [6, 6.07) is 6.80. The van der Waals surface area contributed by atoms with Gasteiger partial charge >= 0.3 is 0 Å². The molecule has 0 amide bonds. The van der Waals surface area contributed by atoms with Crippen molar-refractivity contribution in [2.75, 3.05) is 6.26 Å². The van der Waals surface area contributed by atoms with Gasteiger partial charge in [0.05, 0.1) is 0 Å². The monoisotopic (exact) mass is 248 g/mol. The summed E-state index contributed by atoms with van der Waals surface area (Å²) in [5.74, 6) is 1.21. The number of thioether (sulfide) groups is 1. The normalized spacial score (nSPS) is 10.2. The molecule has 5 heteroatoms. The quantitative estimate of drug-likeness (QED) is 0.668. The maximum atomic E-state index is 9.46. The minimum atomic E-state index is 0.180. The Hall–Kier alpha value is -1.75. The van der Waals surface area contributed by atoms with Crippen LogP contribution in [0.3, 0.4) is 0 Å². The Morgan fingerprint density at radius 3 is 2.71 bits per heavy atom. The molecule has 88 valence electrons. The number of phenolic OH excluding ortho intramolecular Hbond substituents is 1. The lowest BCUT2D eigenvalue weighted by Crippen LogP contribution is -1.90. The summed E-state index contributed by atoms with van der Waals surface area (Å²) >= 11 is 1.52. The number of aryl methyl sites for hydroxylation is 1. The Labute approximate surface area is 104 Å². The molecule has 0 aliphatic carbocycles. The molecular weight excluding hydrogens is 236 g/mol. The van der Waals surface area contributed by atoms with Crippen LogP contribution in [-0.4, -0.2) is 21.3 Å². The zero-order valence-corrected chi connectivity index (χ0v) is 10.4. The van der Waals surface area contributed by atoms with Crippen LogP contribution in [0.1, 0.15) is 5.56 Å². The van der Waals surface area contributed by atoms with Gasteiger partial charge < -0.3 is 9.84 Å². The number of hydrogen-bond acceptors (Lipinski definition) is 5. The fraction of sp³-hybridized carbons (Fsp3) is 0.167. The SMILES string of the molecule is CSc1cc(Oc2cc(C)cc(O)c2)ncn1. The molecule has 1 aromatic carbocycles. The van der Waals surface area contributed by atoms with E-state index >= 15 is 0 Å². The van der Waals surface area contributed by atoms with E-state index in [1.807, 2.05) is 19.2 Å². The minimum Gasteiger partial charge on any atom is -0.508 e. The van der Waals surface area contributed by atoms with E-state index < -0.39 is 0 Å². The summed E-state index contributed by atoms with van der Waals surface area (Å²) in [5.41, 5.74) is 0.930. The molecule has 0 spiro atoms. The lowest BCUT2D eigenvalue weighted by atomic mass is 10.2. The van der Waals surface area contributed by atoms with E-state index in [-0.39, 0.29) is 5.75 Å². The van der Waals surface area contributed by atoms with Crippen LogP contribution >= 0.6 is 11.8 Å². The smallest absolute Gasteiger partial charge is 0.223 e. The van der Waals surface area contributed by atoms with E-state index in [0.29, 0.717) is 11.6 Å². The molecule has 0 radical (unpaired) electrons. The first-order valence-electron chi connectivity index (χ1n) is 5.02. The van der Waals surface area contributed by atoms with Gasteiger partial charge in [0.1, 0.15) is 22.9 Å². The molecule has 0 unspecified atom stereocenters. The van der Waals surface area contributed by atoms with E-state index in [0.717, 1.165) is 10.6 Å². The summed E-state index contributed by atoms with van der Waals surface area (Å²) in [5, 5.41) is 10.3. The maximum absolute atomic E-state index is 9.46. The molecule has 0 saturated carbocycles. The highest BCUT2D eigenvalue weighted by Crippen LogP contribution is 2.26. The minimum absolute atomic E-state index is 0.180. The number of benzene rings is 1. The average molecular weight is 248 g/mol. The first-order chi connectivity index (χ1) is 8.17. The second kappa shape index (κ2) is 5.05. The fourth-order valence-corrected chi connectivity index (χ4v) is 1.77. The van der Waals surface area contributed by atoms with Gasteiger partial charge in [0.25, 0.3) is 0 Å². The molecule has 4 nitrogen and oxygen atoms in total. The van der Waals surface area contributed by atoms with E-state index in [2.05, 4.69) is 9.97 Å². The fourth-order valence-electron chi connectivity index (χ4n) is 1.40. The van der Waals surface area contributed by atoms with Gasteiger partial charge in [0, 0.05) is 12.1 Å². The lowest BCUT2D eigenvalue weighted by Gasteiger charge is -2.06. The molecule has 0 aliphatic rings. The molecule has 1 heterocycles. The summed E-state index contributed by atoms with van der Waals surface area (Å²) in [6.45, 7) is 1.89. The third-order valence-corrected chi connectivity index (χ3v) is 2.73. The van der Waals surface area contributed by atoms with Gasteiger partial charge in [-0.05, 0) is 30.9 Å². The van der Waals surface area contributed by atoms with E-state index in [1.165, 1.54) is 18.1 Å². The highest BCUT2D eigenvalue weighted by atomic mass is 32.2. The number of aromatic hydroxyl groups is 1. The molecular formula is C12H12N2O2S. The highest BCUT2D eigenvalue weighted by molar-refractivity contribution is 7.98. The third-order valence-electron chi connectivity index (χ3n) is 2.08. The van der Waals surface area contributed by atoms with Gasteiger partial charge in [-0.2, -0.15) is 0 Å². The van der Waals surface area contributed by atoms with E-state index in [1.54, 1.807) is 18.2 Å². The van der Waals surface area contributed by atoms with Crippen LogP contribution in [-0.2, 0) is 0 Å². The number of hydrogen-bond donors (Lipinski definition) is 1. The molecule has 0 saturated heterocycles. The number of ether oxygens (including phenoxy) is 1. The molecule has 1 aromatic heterocycles. The average Bonchev–Trinajstić information content (AvgIpc) is 2.28. The summed E-state index contributed by atoms with van der Waals surface area (Å²) in [4.78, 5) is 8.07. The largest absolute Gasteiger partial charge is 0.508 e. The van der Waals surface area contributed by atoms with Crippen molar-refractivity contribution in [2.24, 2.45) is 0 Å². The van der Waals surface area contributed by atoms with Crippen LogP contribution < -0.4 is 4.74 Å². The molecule has 2 rings (SSSR count). The van der Waals surface area contributed by atoms with Crippen molar-refractivity contribution in [1.82, 2.24) is 9.97 Å². The Bertz CT molecular complexity index is 511. The summed E-state index contributed by atoms with van der Waals surface area (Å²) in [6.07, 6.45) is 3.39. The molecule has 2 aromatic rings. The Morgan fingerprint density at radius 1 is 1.18 bits per heavy atom. The maximum Gasteiger partial charge on any atom is 0.223 e. The van der Waals surface area contributed by atoms with Crippen LogP contribution in [0.25, 0.3) is 0 Å². The molecule has 0 bridgehead atoms. The molecule has 17 heavy (non-hydrogen) atoms. The lowest BCUT2D eigenvalue weighted by molar-refractivity contribution is 0.442. The second-order valence-corrected chi connectivity index (χ2v) is 4.33. The predicted octanol–water partition coefficient (Wildman–Crippen LogP) is 3.00. The Balaban J connectivity index is 2.24. The number of aromatic nitrogens is 2. The standard InChI is InChI=1S/C12H12N2O2S/c1-8-3-9(15)5-10(4-8)16-11-6-12(17-2)14-7-13-11/h3-7,15H,1-2H3. The summed E-state index contributed by atoms with van der Waals surface area (Å²) in [7, 11) is 0. The molecule has 0 atom stereocenters. The van der Waals surface area contributed by atoms with Crippen molar-refractivity contribution in [2.45, 2.75) is 11.9 Å². The van der Waals surface area contributed by atoms with Crippen molar-refractivity contribution >= 4 is 11.8 Å². The van der Waals surface area contributed by atoms with Crippen molar-refractivity contribution in [1.29, 1.82) is 0 Å². The van der Waals surface area contributed by atoms with Crippen molar-refractivity contribution < 1.29 is 9.84 Å². The van der Waals surface area contributed by atoms with E-state index in [9.17, 15) is 5.11 Å². The highest BCUT2D eigenvalue weighted by Gasteiger charge is 2.03. The van der Waals surface area contributed by atoms with Crippen LogP contribution in [0.4, 0.5) is 0 Å². The van der Waals surface area contributed by atoms with Gasteiger partial charge in [-0.3, -0.25) is 0 Å². The third kappa shape index (κ3) is 3.10. The Kier molecular flexibility index (Phi) is 3.49. The zero-order valence-electron chi connectivity index (χ0n) is 9.54. The van der Waals surface area contributed by atoms with Gasteiger partial charge in [-0.1, -0.05) is 0 Å². The first kappa shape index (κ1) is 11.7. The topological polar surface area (TPSA) is 55.2 Å². The van der Waals surface area contributed by atoms with Crippen molar-refractivity contribution in [3.8, 4) is 17.4 Å². The van der Waals surface area contributed by atoms with Gasteiger partial charge in [0.2, 0.25) is 5.88 Å². The van der Waals surface area contributed by atoms with Gasteiger partial charge in [-0.25, -0.2) is 9.97 Å². The number of rotatable bonds is 3. The van der Waals surface area contributed by atoms with Crippen LogP contribution in [0.2, 0.25) is 0 Å². The Morgan fingerprint density at radius 2 is 2.00 bits per heavy atom. The first-order valence-corrected chi connectivity index (χ1v) is 6.24. The second-order valence-electron chi connectivity index (χ2n) is 3.50. The number of phenols is 1. The van der Waals surface area contributed by atoms with Gasteiger partial charge in [-0.15, -0.1) is 11.8 Å². The van der Waals surface area contributed by atoms with Crippen LogP contribution in [0.5, 0.6) is 17.4 Å². The predicted molar refractivity (Wildman–Crippen MR) is 66.7 cm³/mol. The molecule has 0 fully saturated rings. The van der Waals surface area contributed by atoms with Crippen LogP contribution in [0.15, 0.2) is 35.6 Å². The molecule has 0 aliphatic heterocycles. The van der Waals surface area contributed by atoms with Crippen molar-refractivity contribution in [3.63, 3.8) is 0 Å². The zero-order chi connectivity index (χ0) is 12.3.